The van der Waals surface area contributed by atoms with Crippen LogP contribution in [0.2, 0.25) is 14.4 Å². The van der Waals surface area contributed by atoms with Crippen LogP contribution >= 0.6 is 57.5 Å². The topological polar surface area (TPSA) is 0 Å². The SMILES string of the molecule is CC(C)(C)c1cc(Cl)c(Cl)s1.CC(C)(C)c1ccc(-c2ccccc2)cc1.CC(C)(C)c1ccc(Cl)cc1.CC(C)(C)c1ccc2ccccc2c1.CC(C)(C)c1ccccc1.CC(C)(C)c1cccs1. The molecule has 0 N–H and O–H groups in total. The van der Waals surface area contributed by atoms with Crippen LogP contribution < -0.4 is 0 Å². The second-order valence-electron chi connectivity index (χ2n) is 24.1. The molecule has 0 radical (unpaired) electrons. The van der Waals surface area contributed by atoms with E-state index in [2.05, 4.69) is 276 Å². The van der Waals surface area contributed by atoms with E-state index in [0.717, 1.165) is 5.02 Å². The van der Waals surface area contributed by atoms with Gasteiger partial charge in [-0.1, -0.05) is 305 Å². The minimum atomic E-state index is 0.154. The van der Waals surface area contributed by atoms with Crippen molar-refractivity contribution < 1.29 is 0 Å². The molecule has 0 fully saturated rings. The van der Waals surface area contributed by atoms with Crippen LogP contribution in [0.5, 0.6) is 0 Å². The highest BCUT2D eigenvalue weighted by atomic mass is 35.5. The Kier molecular flexibility index (Phi) is 23.0. The normalized spacial score (nSPS) is 11.7. The summed E-state index contributed by atoms with van der Waals surface area (Å²) in [6.07, 6.45) is 0. The van der Waals surface area contributed by atoms with Gasteiger partial charge in [-0.05, 0) is 106 Å². The van der Waals surface area contributed by atoms with E-state index in [1.807, 2.05) is 35.6 Å². The van der Waals surface area contributed by atoms with E-state index in [4.69, 9.17) is 34.8 Å². The Labute approximate surface area is 454 Å². The fourth-order valence-electron chi connectivity index (χ4n) is 6.76. The van der Waals surface area contributed by atoms with Crippen molar-refractivity contribution in [2.75, 3.05) is 0 Å². The summed E-state index contributed by atoms with van der Waals surface area (Å²) >= 11 is 20.8. The summed E-state index contributed by atoms with van der Waals surface area (Å²) in [4.78, 5) is 2.69. The van der Waals surface area contributed by atoms with Crippen molar-refractivity contribution in [3.63, 3.8) is 0 Å². The molecule has 380 valence electrons. The second-order valence-corrected chi connectivity index (χ2v) is 27.5. The van der Waals surface area contributed by atoms with Gasteiger partial charge in [-0.25, -0.2) is 0 Å². The van der Waals surface area contributed by atoms with Crippen LogP contribution in [0.15, 0.2) is 175 Å². The predicted molar refractivity (Wildman–Crippen MR) is 325 cm³/mol. The molecule has 8 rings (SSSR count). The number of hydrogen-bond acceptors (Lipinski definition) is 2. The average molecular weight is 1050 g/mol. The largest absolute Gasteiger partial charge is 0.148 e. The number of rotatable bonds is 1. The van der Waals surface area contributed by atoms with Crippen LogP contribution in [0.3, 0.4) is 0 Å². The molecule has 8 aromatic rings. The molecular weight excluding hydrogens is 963 g/mol. The van der Waals surface area contributed by atoms with Gasteiger partial charge in [-0.15, -0.1) is 22.7 Å². The van der Waals surface area contributed by atoms with E-state index in [-0.39, 0.29) is 21.7 Å². The van der Waals surface area contributed by atoms with Gasteiger partial charge >= 0.3 is 0 Å². The summed E-state index contributed by atoms with van der Waals surface area (Å²) in [6.45, 7) is 39.8. The fraction of sp³-hybridized carbons (Fsp3) is 0.364. The molecular formula is C66H83Cl3S2. The maximum atomic E-state index is 5.82. The third kappa shape index (κ3) is 21.8. The van der Waals surface area contributed by atoms with Crippen molar-refractivity contribution in [2.45, 2.75) is 157 Å². The summed E-state index contributed by atoms with van der Waals surface area (Å²) in [5.41, 5.74) is 9.55. The number of halogens is 3. The maximum Gasteiger partial charge on any atom is 0.112 e. The van der Waals surface area contributed by atoms with Gasteiger partial charge in [0.05, 0.1) is 5.02 Å². The van der Waals surface area contributed by atoms with Gasteiger partial charge in [-0.3, -0.25) is 0 Å². The third-order valence-corrected chi connectivity index (χ3v) is 15.3. The molecule has 71 heavy (non-hydrogen) atoms. The third-order valence-electron chi connectivity index (χ3n) is 11.5. The molecule has 0 aliphatic heterocycles. The zero-order valence-electron chi connectivity index (χ0n) is 46.2. The van der Waals surface area contributed by atoms with Gasteiger partial charge in [0, 0.05) is 14.8 Å². The number of fused-ring (bicyclic) bond motifs is 1. The summed E-state index contributed by atoms with van der Waals surface area (Å²) in [6, 6.07) is 59.4. The highest BCUT2D eigenvalue weighted by molar-refractivity contribution is 7.17. The smallest absolute Gasteiger partial charge is 0.112 e. The van der Waals surface area contributed by atoms with E-state index in [1.54, 1.807) is 11.3 Å². The van der Waals surface area contributed by atoms with Gasteiger partial charge < -0.3 is 0 Å². The van der Waals surface area contributed by atoms with Gasteiger partial charge in [0.2, 0.25) is 0 Å². The van der Waals surface area contributed by atoms with Crippen LogP contribution in [-0.2, 0) is 32.5 Å². The van der Waals surface area contributed by atoms with Crippen molar-refractivity contribution >= 4 is 68.2 Å². The maximum absolute atomic E-state index is 5.82. The molecule has 0 atom stereocenters. The summed E-state index contributed by atoms with van der Waals surface area (Å²) in [5, 5.41) is 6.25. The lowest BCUT2D eigenvalue weighted by atomic mass is 9.86. The number of benzene rings is 6. The second kappa shape index (κ2) is 26.7. The Balaban J connectivity index is 0.000000228. The van der Waals surface area contributed by atoms with E-state index in [9.17, 15) is 0 Å². The van der Waals surface area contributed by atoms with Gasteiger partial charge in [-0.2, -0.15) is 0 Å². The first-order chi connectivity index (χ1) is 32.8. The lowest BCUT2D eigenvalue weighted by Gasteiger charge is -2.19. The zero-order valence-corrected chi connectivity index (χ0v) is 50.1. The Morgan fingerprint density at radius 2 is 0.704 bits per heavy atom. The van der Waals surface area contributed by atoms with Crippen molar-refractivity contribution in [1.82, 2.24) is 0 Å². The van der Waals surface area contributed by atoms with Crippen LogP contribution in [-0.4, -0.2) is 0 Å². The van der Waals surface area contributed by atoms with Crippen LogP contribution in [0.25, 0.3) is 21.9 Å². The van der Waals surface area contributed by atoms with Gasteiger partial charge in [0.15, 0.2) is 0 Å². The molecule has 5 heteroatoms. The molecule has 2 aromatic heterocycles. The standard InChI is InChI=1S/C16H18.C14H16.C10H13Cl.C10H14.C8H10Cl2S.C8H12S/c1-16(2,3)15-11-9-14(10-12-15)13-7-5-4-6-8-13;1-14(2,3)13-9-8-11-6-4-5-7-12(11)10-13;1-10(2,3)8-4-6-9(11)7-5-8;1-10(2,3)9-7-5-4-6-8-9;1-8(2,3)6-4-5(9)7(10)11-6;1-8(2,3)7-5-4-6-9-7/h4-12H,1-3H3;4-10H,1-3H3;4-7H,1-3H3;4-8H,1-3H3;4H,1-3H3;4-6H,1-3H3. The molecule has 2 heterocycles. The van der Waals surface area contributed by atoms with E-state index < -0.39 is 0 Å². The summed E-state index contributed by atoms with van der Waals surface area (Å²) in [5.74, 6) is 0. The molecule has 6 aromatic carbocycles. The average Bonchev–Trinajstić information content (AvgIpc) is 3.98. The number of hydrogen-bond donors (Lipinski definition) is 0. The zero-order chi connectivity index (χ0) is 53.4. The van der Waals surface area contributed by atoms with E-state index in [1.165, 1.54) is 53.9 Å². The van der Waals surface area contributed by atoms with Crippen molar-refractivity contribution in [3.05, 3.63) is 222 Å². The highest BCUT2D eigenvalue weighted by Crippen LogP contribution is 2.38. The Morgan fingerprint density at radius 1 is 0.310 bits per heavy atom. The van der Waals surface area contributed by atoms with Crippen LogP contribution in [0, 0.1) is 0 Å². The van der Waals surface area contributed by atoms with Crippen molar-refractivity contribution in [2.24, 2.45) is 0 Å². The number of thiophene rings is 2. The first kappa shape index (κ1) is 61.2. The summed E-state index contributed by atoms with van der Waals surface area (Å²) in [7, 11) is 0. The van der Waals surface area contributed by atoms with Crippen molar-refractivity contribution in [3.8, 4) is 11.1 Å². The minimum Gasteiger partial charge on any atom is -0.148 e. The highest BCUT2D eigenvalue weighted by Gasteiger charge is 2.19. The molecule has 0 amide bonds. The molecule has 0 saturated heterocycles. The lowest BCUT2D eigenvalue weighted by Crippen LogP contribution is -2.10. The first-order valence-electron chi connectivity index (χ1n) is 24.7. The van der Waals surface area contributed by atoms with E-state index in [0.29, 0.717) is 20.2 Å². The Bertz CT molecular complexity index is 2700. The van der Waals surface area contributed by atoms with Crippen LogP contribution in [0.1, 0.15) is 157 Å². The van der Waals surface area contributed by atoms with Crippen LogP contribution in [0.4, 0.5) is 0 Å². The first-order valence-corrected chi connectivity index (χ1v) is 27.6. The molecule has 0 aliphatic carbocycles. The van der Waals surface area contributed by atoms with E-state index >= 15 is 0 Å². The Morgan fingerprint density at radius 3 is 1.07 bits per heavy atom. The summed E-state index contributed by atoms with van der Waals surface area (Å²) < 4.78 is 0.691. The lowest BCUT2D eigenvalue weighted by molar-refractivity contribution is 0.590. The Hall–Kier alpha value is -4.15. The minimum absolute atomic E-state index is 0.154. The monoisotopic (exact) mass is 1040 g/mol. The molecule has 0 aliphatic rings. The van der Waals surface area contributed by atoms with Gasteiger partial charge in [0.1, 0.15) is 4.34 Å². The van der Waals surface area contributed by atoms with Crippen molar-refractivity contribution in [1.29, 1.82) is 0 Å². The fourth-order valence-corrected chi connectivity index (χ4v) is 9.12. The molecule has 0 nitrogen and oxygen atoms in total. The molecule has 0 bridgehead atoms. The molecule has 0 spiro atoms. The van der Waals surface area contributed by atoms with Gasteiger partial charge in [0.25, 0.3) is 0 Å². The molecule has 0 unspecified atom stereocenters. The predicted octanol–water partition coefficient (Wildman–Crippen LogP) is 22.8. The quantitative estimate of drug-likeness (QED) is 0.154. The molecule has 0 saturated carbocycles.